The van der Waals surface area contributed by atoms with Crippen LogP contribution in [0.25, 0.3) is 0 Å². The Hall–Kier alpha value is -2.65. The highest BCUT2D eigenvalue weighted by molar-refractivity contribution is 5.94. The lowest BCUT2D eigenvalue weighted by molar-refractivity contribution is -0.144. The molecule has 3 amide bonds. The minimum absolute atomic E-state index is 0.388. The van der Waals surface area contributed by atoms with E-state index in [-0.39, 0.29) is 5.92 Å². The van der Waals surface area contributed by atoms with Gasteiger partial charge in [-0.2, -0.15) is 0 Å². The minimum atomic E-state index is -1.47. The number of aliphatic carboxylic acids is 2. The first-order chi connectivity index (χ1) is 11.5. The van der Waals surface area contributed by atoms with Gasteiger partial charge in [0.25, 0.3) is 0 Å². The molecular weight excluding hydrogens is 334 g/mol. The molecule has 0 aromatic heterocycles. The van der Waals surface area contributed by atoms with Crippen LogP contribution in [0.1, 0.15) is 40.5 Å². The smallest absolute Gasteiger partial charge is 0.326 e. The SMILES string of the molecule is CC[C@H](C)[C@H](NC(=O)[C@H](CC(=O)O)NC(=O)[C@H](C)NC(C)=O)C(=O)O. The molecule has 25 heavy (non-hydrogen) atoms. The molecule has 0 aromatic rings. The number of nitrogens with one attached hydrogen (secondary N) is 3. The Morgan fingerprint density at radius 2 is 1.48 bits per heavy atom. The van der Waals surface area contributed by atoms with E-state index in [9.17, 15) is 29.1 Å². The van der Waals surface area contributed by atoms with Crippen molar-refractivity contribution in [3.05, 3.63) is 0 Å². The van der Waals surface area contributed by atoms with Gasteiger partial charge in [0.1, 0.15) is 18.1 Å². The highest BCUT2D eigenvalue weighted by atomic mass is 16.4. The summed E-state index contributed by atoms with van der Waals surface area (Å²) in [5.74, 6) is -5.13. The van der Waals surface area contributed by atoms with E-state index in [0.717, 1.165) is 0 Å². The molecule has 4 atom stereocenters. The van der Waals surface area contributed by atoms with Crippen LogP contribution in [0.5, 0.6) is 0 Å². The molecule has 0 spiro atoms. The van der Waals surface area contributed by atoms with Crippen molar-refractivity contribution in [3.63, 3.8) is 0 Å². The van der Waals surface area contributed by atoms with Crippen molar-refractivity contribution in [1.29, 1.82) is 0 Å². The molecule has 0 saturated heterocycles. The van der Waals surface area contributed by atoms with Gasteiger partial charge in [-0.1, -0.05) is 20.3 Å². The largest absolute Gasteiger partial charge is 0.481 e. The maximum atomic E-state index is 12.3. The fourth-order valence-corrected chi connectivity index (χ4v) is 1.99. The van der Waals surface area contributed by atoms with E-state index >= 15 is 0 Å². The number of amides is 3. The van der Waals surface area contributed by atoms with E-state index in [2.05, 4.69) is 16.0 Å². The Bertz CT molecular complexity index is 535. The van der Waals surface area contributed by atoms with Crippen molar-refractivity contribution in [3.8, 4) is 0 Å². The zero-order chi connectivity index (χ0) is 19.7. The Kier molecular flexibility index (Phi) is 9.18. The molecular formula is C15H25N3O7. The molecule has 0 unspecified atom stereocenters. The van der Waals surface area contributed by atoms with Gasteiger partial charge in [0.05, 0.1) is 6.42 Å². The maximum absolute atomic E-state index is 12.3. The Morgan fingerprint density at radius 3 is 1.88 bits per heavy atom. The lowest BCUT2D eigenvalue weighted by Gasteiger charge is -2.24. The van der Waals surface area contributed by atoms with Gasteiger partial charge in [0.2, 0.25) is 17.7 Å². The molecule has 0 aromatic carbocycles. The Balaban J connectivity index is 5.14. The number of hydrogen-bond donors (Lipinski definition) is 5. The van der Waals surface area contributed by atoms with Crippen LogP contribution in [0.4, 0.5) is 0 Å². The zero-order valence-corrected chi connectivity index (χ0v) is 14.7. The van der Waals surface area contributed by atoms with Crippen molar-refractivity contribution in [1.82, 2.24) is 16.0 Å². The van der Waals surface area contributed by atoms with Crippen molar-refractivity contribution in [2.75, 3.05) is 0 Å². The molecule has 5 N–H and O–H groups in total. The average molecular weight is 359 g/mol. The van der Waals surface area contributed by atoms with Gasteiger partial charge in [-0.25, -0.2) is 4.79 Å². The van der Waals surface area contributed by atoms with Crippen molar-refractivity contribution in [2.24, 2.45) is 5.92 Å². The van der Waals surface area contributed by atoms with Gasteiger partial charge in [0.15, 0.2) is 0 Å². The standard InChI is InChI=1S/C15H25N3O7/c1-5-7(2)12(15(24)25)18-14(23)10(6-11(20)21)17-13(22)8(3)16-9(4)19/h7-8,10,12H,5-6H2,1-4H3,(H,16,19)(H,17,22)(H,18,23)(H,20,21)(H,24,25)/t7-,8-,10-,12-/m0/s1. The molecule has 0 aliphatic rings. The fraction of sp³-hybridized carbons (Fsp3) is 0.667. The summed E-state index contributed by atoms with van der Waals surface area (Å²) in [5.41, 5.74) is 0. The van der Waals surface area contributed by atoms with Gasteiger partial charge in [-0.05, 0) is 12.8 Å². The summed E-state index contributed by atoms with van der Waals surface area (Å²) in [6.07, 6.45) is -0.246. The average Bonchev–Trinajstić information content (AvgIpc) is 2.49. The van der Waals surface area contributed by atoms with E-state index in [1.807, 2.05) is 0 Å². The van der Waals surface area contributed by atoms with Crippen molar-refractivity contribution < 1.29 is 34.2 Å². The third kappa shape index (κ3) is 8.13. The van der Waals surface area contributed by atoms with Crippen LogP contribution in [0, 0.1) is 5.92 Å². The molecule has 0 radical (unpaired) electrons. The topological polar surface area (TPSA) is 162 Å². The monoisotopic (exact) mass is 359 g/mol. The van der Waals surface area contributed by atoms with Gasteiger partial charge in [-0.3, -0.25) is 19.2 Å². The molecule has 0 rings (SSSR count). The molecule has 0 aliphatic carbocycles. The first-order valence-electron chi connectivity index (χ1n) is 7.82. The van der Waals surface area contributed by atoms with Crippen LogP contribution in [-0.4, -0.2) is 58.0 Å². The predicted octanol–water partition coefficient (Wildman–Crippen LogP) is -0.914. The van der Waals surface area contributed by atoms with Crippen molar-refractivity contribution in [2.45, 2.75) is 58.7 Å². The van der Waals surface area contributed by atoms with Gasteiger partial charge in [-0.15, -0.1) is 0 Å². The Morgan fingerprint density at radius 1 is 0.920 bits per heavy atom. The molecule has 0 fully saturated rings. The molecule has 10 nitrogen and oxygen atoms in total. The predicted molar refractivity (Wildman–Crippen MR) is 86.5 cm³/mol. The highest BCUT2D eigenvalue weighted by Crippen LogP contribution is 2.09. The number of rotatable bonds is 10. The molecule has 0 heterocycles. The second kappa shape index (κ2) is 10.3. The van der Waals surface area contributed by atoms with Crippen molar-refractivity contribution >= 4 is 29.7 Å². The highest BCUT2D eigenvalue weighted by Gasteiger charge is 2.31. The number of carbonyl (C=O) groups is 5. The van der Waals surface area contributed by atoms with Gasteiger partial charge in [0, 0.05) is 6.92 Å². The first kappa shape index (κ1) is 22.4. The molecule has 0 saturated carbocycles. The summed E-state index contributed by atoms with van der Waals surface area (Å²) in [5, 5.41) is 24.9. The zero-order valence-electron chi connectivity index (χ0n) is 14.7. The van der Waals surface area contributed by atoms with Gasteiger partial charge < -0.3 is 26.2 Å². The molecule has 142 valence electrons. The number of hydrogen-bond acceptors (Lipinski definition) is 5. The summed E-state index contributed by atoms with van der Waals surface area (Å²) in [7, 11) is 0. The van der Waals surface area contributed by atoms with E-state index < -0.39 is 54.2 Å². The lowest BCUT2D eigenvalue weighted by atomic mass is 9.98. The lowest BCUT2D eigenvalue weighted by Crippen LogP contribution is -2.56. The third-order valence-corrected chi connectivity index (χ3v) is 3.60. The summed E-state index contributed by atoms with van der Waals surface area (Å²) < 4.78 is 0. The minimum Gasteiger partial charge on any atom is -0.481 e. The van der Waals surface area contributed by atoms with Crippen LogP contribution in [0.15, 0.2) is 0 Å². The van der Waals surface area contributed by atoms with Gasteiger partial charge >= 0.3 is 11.9 Å². The molecule has 0 bridgehead atoms. The number of carbonyl (C=O) groups excluding carboxylic acids is 3. The van der Waals surface area contributed by atoms with E-state index in [1.165, 1.54) is 13.8 Å². The summed E-state index contributed by atoms with van der Waals surface area (Å²) in [4.78, 5) is 57.4. The van der Waals surface area contributed by atoms with Crippen LogP contribution in [-0.2, 0) is 24.0 Å². The molecule has 0 aliphatic heterocycles. The fourth-order valence-electron chi connectivity index (χ4n) is 1.99. The van der Waals surface area contributed by atoms with Crippen LogP contribution >= 0.6 is 0 Å². The Labute approximate surface area is 145 Å². The van der Waals surface area contributed by atoms with E-state index in [1.54, 1.807) is 13.8 Å². The van der Waals surface area contributed by atoms with Crippen LogP contribution in [0.3, 0.4) is 0 Å². The third-order valence-electron chi connectivity index (χ3n) is 3.60. The maximum Gasteiger partial charge on any atom is 0.326 e. The summed E-state index contributed by atoms with van der Waals surface area (Å²) in [6, 6.07) is -3.66. The van der Waals surface area contributed by atoms with Crippen LogP contribution < -0.4 is 16.0 Å². The number of carboxylic acids is 2. The number of carboxylic acid groups (broad SMARTS) is 2. The first-order valence-corrected chi connectivity index (χ1v) is 7.82. The molecule has 10 heteroatoms. The summed E-state index contributed by atoms with van der Waals surface area (Å²) in [6.45, 7) is 5.95. The second-order valence-corrected chi connectivity index (χ2v) is 5.79. The van der Waals surface area contributed by atoms with E-state index in [4.69, 9.17) is 5.11 Å². The normalized spacial score (nSPS) is 15.2. The van der Waals surface area contributed by atoms with Crippen LogP contribution in [0.2, 0.25) is 0 Å². The summed E-state index contributed by atoms with van der Waals surface area (Å²) >= 11 is 0. The quantitative estimate of drug-likeness (QED) is 0.337. The second-order valence-electron chi connectivity index (χ2n) is 5.79. The van der Waals surface area contributed by atoms with E-state index in [0.29, 0.717) is 6.42 Å².